The summed E-state index contributed by atoms with van der Waals surface area (Å²) >= 11 is 5.29. The van der Waals surface area contributed by atoms with E-state index in [1.807, 2.05) is 83.8 Å². The molecule has 3 nitrogen and oxygen atoms in total. The quantitative estimate of drug-likeness (QED) is 0.213. The van der Waals surface area contributed by atoms with E-state index in [0.29, 0.717) is 16.9 Å². The average Bonchev–Trinajstić information content (AvgIpc) is 3.52. The molecule has 0 aliphatic carbocycles. The number of rotatable bonds is 4. The summed E-state index contributed by atoms with van der Waals surface area (Å²) in [7, 11) is 0. The van der Waals surface area contributed by atoms with Crippen LogP contribution < -0.4 is 4.90 Å². The first-order valence-electron chi connectivity index (χ1n) is 11.8. The van der Waals surface area contributed by atoms with Gasteiger partial charge >= 0.3 is 0 Å². The largest absolute Gasteiger partial charge is 0.454 e. The van der Waals surface area contributed by atoms with E-state index in [1.165, 1.54) is 12.1 Å². The fourth-order valence-corrected chi connectivity index (χ4v) is 6.28. The Kier molecular flexibility index (Phi) is 5.30. The fourth-order valence-electron chi connectivity index (χ4n) is 4.75. The second-order valence-corrected chi connectivity index (χ2v) is 10.6. The van der Waals surface area contributed by atoms with Gasteiger partial charge in [-0.25, -0.2) is 9.37 Å². The van der Waals surface area contributed by atoms with E-state index in [-0.39, 0.29) is 5.82 Å². The Hall–Kier alpha value is -4.00. The second-order valence-electron chi connectivity index (χ2n) is 8.72. The van der Waals surface area contributed by atoms with Crippen LogP contribution in [0.1, 0.15) is 0 Å². The number of hydrogen-bond donors (Lipinski definition) is 0. The van der Waals surface area contributed by atoms with Crippen molar-refractivity contribution in [2.75, 3.05) is 4.90 Å². The maximum absolute atomic E-state index is 15.1. The molecule has 0 unspecified atom stereocenters. The van der Waals surface area contributed by atoms with Gasteiger partial charge in [-0.15, -0.1) is 11.3 Å². The lowest BCUT2D eigenvalue weighted by Crippen LogP contribution is -2.10. The van der Waals surface area contributed by atoms with E-state index in [9.17, 15) is 0 Å². The topological polar surface area (TPSA) is 29.3 Å². The van der Waals surface area contributed by atoms with E-state index >= 15 is 4.39 Å². The maximum atomic E-state index is 15.1. The highest BCUT2D eigenvalue weighted by molar-refractivity contribution is 9.10. The van der Waals surface area contributed by atoms with Crippen molar-refractivity contribution in [1.29, 1.82) is 0 Å². The Bertz CT molecular complexity index is 1880. The lowest BCUT2D eigenvalue weighted by molar-refractivity contribution is 0.626. The molecule has 0 fully saturated rings. The van der Waals surface area contributed by atoms with E-state index in [0.717, 1.165) is 47.4 Å². The number of benzene rings is 5. The first kappa shape index (κ1) is 22.2. The van der Waals surface area contributed by atoms with Crippen molar-refractivity contribution >= 4 is 76.5 Å². The lowest BCUT2D eigenvalue weighted by Gasteiger charge is -2.25. The number of halogens is 2. The van der Waals surface area contributed by atoms with E-state index < -0.39 is 0 Å². The molecule has 0 amide bonds. The summed E-state index contributed by atoms with van der Waals surface area (Å²) in [5.74, 6) is -0.326. The molecule has 0 spiro atoms. The van der Waals surface area contributed by atoms with Crippen molar-refractivity contribution in [2.24, 2.45) is 0 Å². The molecule has 37 heavy (non-hydrogen) atoms. The van der Waals surface area contributed by atoms with Crippen LogP contribution in [-0.2, 0) is 0 Å². The first-order chi connectivity index (χ1) is 18.2. The Balaban J connectivity index is 1.41. The van der Waals surface area contributed by atoms with Gasteiger partial charge in [0.05, 0.1) is 15.9 Å². The smallest absolute Gasteiger partial charge is 0.159 e. The van der Waals surface area contributed by atoms with Crippen LogP contribution in [0.2, 0.25) is 0 Å². The summed E-state index contributed by atoms with van der Waals surface area (Å²) in [6.45, 7) is 0. The SMILES string of the molecule is Fc1cc(N(c2ccccc2)c2ccc(-c3nc4ccccc4s3)cc2)c2oc3cccc(Br)c3c2c1. The number of thiazole rings is 1. The van der Waals surface area contributed by atoms with Gasteiger partial charge in [-0.2, -0.15) is 0 Å². The molecule has 0 aliphatic heterocycles. The predicted octanol–water partition coefficient (Wildman–Crippen LogP) is 10.2. The van der Waals surface area contributed by atoms with Crippen molar-refractivity contribution in [2.45, 2.75) is 0 Å². The monoisotopic (exact) mass is 564 g/mol. The first-order valence-corrected chi connectivity index (χ1v) is 13.4. The molecule has 0 aliphatic rings. The normalized spacial score (nSPS) is 11.5. The van der Waals surface area contributed by atoms with Crippen LogP contribution >= 0.6 is 27.3 Å². The number of hydrogen-bond acceptors (Lipinski definition) is 4. The maximum Gasteiger partial charge on any atom is 0.159 e. The minimum atomic E-state index is -0.326. The number of fused-ring (bicyclic) bond motifs is 4. The summed E-state index contributed by atoms with van der Waals surface area (Å²) in [6, 6.07) is 35.1. The highest BCUT2D eigenvalue weighted by atomic mass is 79.9. The number of para-hydroxylation sites is 2. The summed E-state index contributed by atoms with van der Waals surface area (Å²) in [6.07, 6.45) is 0. The van der Waals surface area contributed by atoms with Gasteiger partial charge in [-0.05, 0) is 66.7 Å². The molecule has 0 radical (unpaired) electrons. The Morgan fingerprint density at radius 1 is 0.784 bits per heavy atom. The summed E-state index contributed by atoms with van der Waals surface area (Å²) < 4.78 is 23.5. The molecule has 178 valence electrons. The van der Waals surface area contributed by atoms with E-state index in [2.05, 4.69) is 34.1 Å². The van der Waals surface area contributed by atoms with E-state index in [4.69, 9.17) is 9.40 Å². The van der Waals surface area contributed by atoms with Crippen molar-refractivity contribution in [1.82, 2.24) is 4.98 Å². The zero-order valence-electron chi connectivity index (χ0n) is 19.4. The van der Waals surface area contributed by atoms with Gasteiger partial charge in [0.1, 0.15) is 16.4 Å². The third kappa shape index (κ3) is 3.80. The molecule has 7 aromatic rings. The third-order valence-electron chi connectivity index (χ3n) is 6.41. The minimum absolute atomic E-state index is 0.326. The minimum Gasteiger partial charge on any atom is -0.454 e. The van der Waals surface area contributed by atoms with Gasteiger partial charge in [0.15, 0.2) is 5.58 Å². The van der Waals surface area contributed by atoms with Crippen LogP contribution in [0.5, 0.6) is 0 Å². The Morgan fingerprint density at radius 2 is 1.54 bits per heavy atom. The van der Waals surface area contributed by atoms with Gasteiger partial charge in [-0.1, -0.05) is 52.3 Å². The van der Waals surface area contributed by atoms with Crippen molar-refractivity contribution in [3.05, 3.63) is 119 Å². The molecule has 0 atom stereocenters. The number of anilines is 3. The average molecular weight is 565 g/mol. The van der Waals surface area contributed by atoms with Crippen LogP contribution in [0, 0.1) is 5.82 Å². The van der Waals surface area contributed by atoms with Gasteiger partial charge in [0.25, 0.3) is 0 Å². The molecular weight excluding hydrogens is 547 g/mol. The van der Waals surface area contributed by atoms with Crippen molar-refractivity contribution in [3.8, 4) is 10.6 Å². The zero-order valence-corrected chi connectivity index (χ0v) is 21.8. The van der Waals surface area contributed by atoms with Gasteiger partial charge in [0, 0.05) is 38.2 Å². The molecule has 2 aromatic heterocycles. The third-order valence-corrected chi connectivity index (χ3v) is 8.16. The van der Waals surface area contributed by atoms with Crippen LogP contribution in [0.3, 0.4) is 0 Å². The van der Waals surface area contributed by atoms with Gasteiger partial charge in [0.2, 0.25) is 0 Å². The fraction of sp³-hybridized carbons (Fsp3) is 0. The number of nitrogens with zero attached hydrogens (tertiary/aromatic N) is 2. The van der Waals surface area contributed by atoms with Crippen molar-refractivity contribution in [3.63, 3.8) is 0 Å². The molecule has 7 rings (SSSR count). The second kappa shape index (κ2) is 8.83. The molecule has 0 saturated carbocycles. The van der Waals surface area contributed by atoms with Crippen LogP contribution in [-0.4, -0.2) is 4.98 Å². The highest BCUT2D eigenvalue weighted by Crippen LogP contribution is 2.44. The van der Waals surface area contributed by atoms with E-state index in [1.54, 1.807) is 11.3 Å². The molecule has 6 heteroatoms. The number of aromatic nitrogens is 1. The zero-order chi connectivity index (χ0) is 24.9. The summed E-state index contributed by atoms with van der Waals surface area (Å²) in [4.78, 5) is 6.83. The standard InChI is InChI=1S/C31H18BrFN2OS/c32-24-9-6-11-27-29(24)23-17-20(33)18-26(30(23)36-27)35(21-7-2-1-3-8-21)22-15-13-19(14-16-22)31-34-25-10-4-5-12-28(25)37-31/h1-18H. The Morgan fingerprint density at radius 3 is 2.35 bits per heavy atom. The van der Waals surface area contributed by atoms with Gasteiger partial charge in [-0.3, -0.25) is 0 Å². The van der Waals surface area contributed by atoms with Crippen molar-refractivity contribution < 1.29 is 8.81 Å². The number of furan rings is 1. The lowest BCUT2D eigenvalue weighted by atomic mass is 10.1. The Labute approximate surface area is 224 Å². The van der Waals surface area contributed by atoms with Crippen LogP contribution in [0.15, 0.2) is 118 Å². The highest BCUT2D eigenvalue weighted by Gasteiger charge is 2.21. The molecule has 0 N–H and O–H groups in total. The molecule has 5 aromatic carbocycles. The van der Waals surface area contributed by atoms with Crippen LogP contribution in [0.4, 0.5) is 21.5 Å². The molecule has 0 bridgehead atoms. The summed E-state index contributed by atoms with van der Waals surface area (Å²) in [5.41, 5.74) is 5.80. The molecule has 2 heterocycles. The van der Waals surface area contributed by atoms with Gasteiger partial charge < -0.3 is 9.32 Å². The molecule has 0 saturated heterocycles. The summed E-state index contributed by atoms with van der Waals surface area (Å²) in [5, 5.41) is 2.55. The molecular formula is C31H18BrFN2OS. The van der Waals surface area contributed by atoms with Crippen LogP contribution in [0.25, 0.3) is 42.7 Å². The predicted molar refractivity (Wildman–Crippen MR) is 155 cm³/mol.